The van der Waals surface area contributed by atoms with E-state index in [0.29, 0.717) is 19.4 Å². The zero-order valence-electron chi connectivity index (χ0n) is 18.9. The van der Waals surface area contributed by atoms with E-state index in [1.54, 1.807) is 0 Å². The smallest absolute Gasteiger partial charge is 0.744 e. The number of carbonyl (C=O) groups is 2. The Morgan fingerprint density at radius 1 is 0.871 bits per heavy atom. The van der Waals surface area contributed by atoms with Gasteiger partial charge in [0.05, 0.1) is 4.90 Å². The molecule has 0 aliphatic rings. The van der Waals surface area contributed by atoms with Crippen molar-refractivity contribution >= 4 is 22.0 Å². The van der Waals surface area contributed by atoms with Gasteiger partial charge in [0.15, 0.2) is 0 Å². The van der Waals surface area contributed by atoms with Gasteiger partial charge in [-0.1, -0.05) is 51.9 Å². The van der Waals surface area contributed by atoms with E-state index in [-0.39, 0.29) is 52.5 Å². The minimum Gasteiger partial charge on any atom is -0.744 e. The first-order valence-electron chi connectivity index (χ1n) is 10.9. The van der Waals surface area contributed by atoms with Crippen LogP contribution in [0.4, 0.5) is 0 Å². The predicted molar refractivity (Wildman–Crippen MR) is 114 cm³/mol. The van der Waals surface area contributed by atoms with Crippen molar-refractivity contribution in [2.45, 2.75) is 88.9 Å². The van der Waals surface area contributed by atoms with Gasteiger partial charge in [0, 0.05) is 19.4 Å². The van der Waals surface area contributed by atoms with E-state index < -0.39 is 16.1 Å². The van der Waals surface area contributed by atoms with Crippen LogP contribution in [-0.4, -0.2) is 31.4 Å². The third-order valence-electron chi connectivity index (χ3n) is 4.73. The van der Waals surface area contributed by atoms with Crippen molar-refractivity contribution in [3.8, 4) is 5.75 Å². The Hall–Kier alpha value is -0.930. The summed E-state index contributed by atoms with van der Waals surface area (Å²) in [5.74, 6) is -0.132. The van der Waals surface area contributed by atoms with Gasteiger partial charge in [0.2, 0.25) is 5.91 Å². The Morgan fingerprint density at radius 2 is 1.42 bits per heavy atom. The van der Waals surface area contributed by atoms with Crippen LogP contribution < -0.4 is 39.6 Å². The number of unbranched alkanes of at least 4 members (excludes halogenated alkanes) is 8. The van der Waals surface area contributed by atoms with Gasteiger partial charge in [0.1, 0.15) is 15.9 Å². The molecular formula is C22H34NNaO6S. The number of hydrogen-bond donors (Lipinski definition) is 1. The molecule has 0 radical (unpaired) electrons. The molecular weight excluding hydrogens is 429 g/mol. The van der Waals surface area contributed by atoms with Crippen molar-refractivity contribution < 1.29 is 56.9 Å². The Bertz CT molecular complexity index is 737. The van der Waals surface area contributed by atoms with Crippen LogP contribution in [-0.2, 0) is 19.7 Å². The van der Waals surface area contributed by atoms with E-state index in [0.717, 1.165) is 37.8 Å². The predicted octanol–water partition coefficient (Wildman–Crippen LogP) is 1.32. The van der Waals surface area contributed by atoms with Crippen LogP contribution in [0.5, 0.6) is 5.75 Å². The zero-order chi connectivity index (χ0) is 22.2. The van der Waals surface area contributed by atoms with Crippen molar-refractivity contribution in [3.63, 3.8) is 0 Å². The quantitative estimate of drug-likeness (QED) is 0.130. The van der Waals surface area contributed by atoms with Gasteiger partial charge in [-0.15, -0.1) is 0 Å². The molecule has 170 valence electrons. The van der Waals surface area contributed by atoms with Crippen molar-refractivity contribution in [2.24, 2.45) is 0 Å². The van der Waals surface area contributed by atoms with Gasteiger partial charge >= 0.3 is 35.5 Å². The van der Waals surface area contributed by atoms with Crippen molar-refractivity contribution in [1.82, 2.24) is 5.32 Å². The number of benzene rings is 1. The first-order chi connectivity index (χ1) is 14.3. The number of ether oxygens (including phenoxy) is 1. The van der Waals surface area contributed by atoms with Crippen LogP contribution in [0.3, 0.4) is 0 Å². The topological polar surface area (TPSA) is 113 Å². The molecule has 1 aromatic rings. The van der Waals surface area contributed by atoms with Crippen LogP contribution in [0.2, 0.25) is 0 Å². The van der Waals surface area contributed by atoms with E-state index in [1.807, 2.05) is 0 Å². The molecule has 1 rings (SSSR count). The van der Waals surface area contributed by atoms with Crippen LogP contribution in [0.25, 0.3) is 0 Å². The van der Waals surface area contributed by atoms with Crippen LogP contribution in [0.1, 0.15) is 84.0 Å². The average molecular weight is 464 g/mol. The number of nitrogens with one attached hydrogen (secondary N) is 1. The van der Waals surface area contributed by atoms with E-state index in [9.17, 15) is 22.6 Å². The number of rotatable bonds is 16. The Morgan fingerprint density at radius 3 is 2.03 bits per heavy atom. The molecule has 0 fully saturated rings. The summed E-state index contributed by atoms with van der Waals surface area (Å²) in [6.45, 7) is 2.81. The van der Waals surface area contributed by atoms with Gasteiger partial charge in [-0.25, -0.2) is 8.42 Å². The largest absolute Gasteiger partial charge is 1.00 e. The zero-order valence-corrected chi connectivity index (χ0v) is 21.7. The monoisotopic (exact) mass is 463 g/mol. The molecule has 0 heterocycles. The molecule has 0 spiro atoms. The molecule has 0 bridgehead atoms. The molecule has 31 heavy (non-hydrogen) atoms. The second kappa shape index (κ2) is 17.6. The van der Waals surface area contributed by atoms with Gasteiger partial charge in [-0.2, -0.15) is 0 Å². The molecule has 7 nitrogen and oxygen atoms in total. The summed E-state index contributed by atoms with van der Waals surface area (Å²) < 4.78 is 37.7. The molecule has 0 saturated heterocycles. The number of esters is 1. The van der Waals surface area contributed by atoms with Gasteiger partial charge < -0.3 is 14.6 Å². The fraction of sp³-hybridized carbons (Fsp3) is 0.636. The summed E-state index contributed by atoms with van der Waals surface area (Å²) in [6.07, 6.45) is 11.4. The minimum absolute atomic E-state index is 0. The molecule has 1 aromatic carbocycles. The van der Waals surface area contributed by atoms with E-state index in [1.165, 1.54) is 44.2 Å². The maximum atomic E-state index is 11.8. The van der Waals surface area contributed by atoms with Gasteiger partial charge in [0.25, 0.3) is 0 Å². The SMILES string of the molecule is CCCCCCCCCC(=O)NCCCCCC(=O)Oc1ccc(S(=O)(=O)[O-])cc1.[Na+]. The minimum atomic E-state index is -4.51. The van der Waals surface area contributed by atoms with E-state index in [2.05, 4.69) is 12.2 Å². The average Bonchev–Trinajstić information content (AvgIpc) is 2.69. The number of carbonyl (C=O) groups excluding carboxylic acids is 2. The van der Waals surface area contributed by atoms with Crippen molar-refractivity contribution in [3.05, 3.63) is 24.3 Å². The second-order valence-electron chi connectivity index (χ2n) is 7.43. The normalized spacial score (nSPS) is 10.9. The Labute approximate surface area is 208 Å². The van der Waals surface area contributed by atoms with E-state index >= 15 is 0 Å². The van der Waals surface area contributed by atoms with Gasteiger partial charge in [-0.05, 0) is 43.5 Å². The Kier molecular flexibility index (Phi) is 17.1. The Balaban J connectivity index is 0.00000900. The van der Waals surface area contributed by atoms with Crippen LogP contribution >= 0.6 is 0 Å². The summed E-state index contributed by atoms with van der Waals surface area (Å²) in [5.41, 5.74) is 0. The maximum Gasteiger partial charge on any atom is 1.00 e. The molecule has 0 unspecified atom stereocenters. The molecule has 1 amide bonds. The molecule has 0 aliphatic heterocycles. The van der Waals surface area contributed by atoms with Crippen molar-refractivity contribution in [1.29, 1.82) is 0 Å². The molecule has 0 saturated carbocycles. The number of hydrogen-bond acceptors (Lipinski definition) is 6. The second-order valence-corrected chi connectivity index (χ2v) is 8.81. The van der Waals surface area contributed by atoms with Crippen molar-refractivity contribution in [2.75, 3.05) is 6.54 Å². The van der Waals surface area contributed by atoms with E-state index in [4.69, 9.17) is 4.74 Å². The summed E-state index contributed by atoms with van der Waals surface area (Å²) in [4.78, 5) is 23.2. The summed E-state index contributed by atoms with van der Waals surface area (Å²) >= 11 is 0. The standard InChI is InChI=1S/C22H35NO6S.Na/c1-2-3-4-5-6-7-9-12-21(24)23-18-11-8-10-13-22(25)29-19-14-16-20(17-15-19)30(26,27)28;/h14-17H,2-13,18H2,1H3,(H,23,24)(H,26,27,28);/q;+1/p-1. The first kappa shape index (κ1) is 30.1. The summed E-state index contributed by atoms with van der Waals surface area (Å²) in [5, 5.41) is 2.91. The third-order valence-corrected chi connectivity index (χ3v) is 5.58. The third kappa shape index (κ3) is 15.5. The maximum absolute atomic E-state index is 11.8. The molecule has 0 atom stereocenters. The fourth-order valence-corrected chi connectivity index (χ4v) is 3.46. The van der Waals surface area contributed by atoms with Gasteiger partial charge in [-0.3, -0.25) is 9.59 Å². The van der Waals surface area contributed by atoms with Crippen LogP contribution in [0, 0.1) is 0 Å². The van der Waals surface area contributed by atoms with Crippen LogP contribution in [0.15, 0.2) is 29.2 Å². The fourth-order valence-electron chi connectivity index (χ4n) is 2.99. The molecule has 1 N–H and O–H groups in total. The molecule has 9 heteroatoms. The summed E-state index contributed by atoms with van der Waals surface area (Å²) in [7, 11) is -4.51. The summed E-state index contributed by atoms with van der Waals surface area (Å²) in [6, 6.07) is 4.78. The first-order valence-corrected chi connectivity index (χ1v) is 12.3. The molecule has 0 aliphatic carbocycles. The molecule has 0 aromatic heterocycles. The number of amides is 1.